The third kappa shape index (κ3) is 3.20. The second-order valence-corrected chi connectivity index (χ2v) is 10.8. The number of rotatable bonds is 3. The zero-order valence-corrected chi connectivity index (χ0v) is 19.6. The molecule has 5 nitrogen and oxygen atoms in total. The lowest BCUT2D eigenvalue weighted by molar-refractivity contribution is -0.271. The first-order valence-electron chi connectivity index (χ1n) is 11.1. The van der Waals surface area contributed by atoms with E-state index in [2.05, 4.69) is 27.4 Å². The number of ether oxygens (including phenoxy) is 2. The zero-order chi connectivity index (χ0) is 22.7. The fourth-order valence-electron chi connectivity index (χ4n) is 6.52. The molecule has 2 aliphatic carbocycles. The lowest BCUT2D eigenvalue weighted by atomic mass is 9.42. The molecular formula is C25H38O5. The van der Waals surface area contributed by atoms with Crippen molar-refractivity contribution in [3.8, 4) is 0 Å². The Morgan fingerprint density at radius 1 is 1.23 bits per heavy atom. The molecule has 0 amide bonds. The van der Waals surface area contributed by atoms with E-state index >= 15 is 0 Å². The molecule has 0 unspecified atom stereocenters. The first-order chi connectivity index (χ1) is 13.8. The van der Waals surface area contributed by atoms with Crippen molar-refractivity contribution >= 4 is 11.8 Å². The minimum Gasteiger partial charge on any atom is -0.458 e. The number of carbonyl (C=O) groups is 2. The molecule has 0 radical (unpaired) electrons. The summed E-state index contributed by atoms with van der Waals surface area (Å²) in [6, 6.07) is 0. The van der Waals surface area contributed by atoms with Gasteiger partial charge >= 0.3 is 5.97 Å². The molecule has 1 heterocycles. The van der Waals surface area contributed by atoms with E-state index < -0.39 is 34.2 Å². The Morgan fingerprint density at radius 2 is 1.87 bits per heavy atom. The van der Waals surface area contributed by atoms with Crippen LogP contribution in [0.25, 0.3) is 0 Å². The molecule has 1 aliphatic heterocycles. The number of allylic oxidation sites excluding steroid dienone is 1. The number of aliphatic hydroxyl groups excluding tert-OH is 1. The fourth-order valence-corrected chi connectivity index (χ4v) is 6.52. The van der Waals surface area contributed by atoms with Gasteiger partial charge < -0.3 is 14.6 Å². The van der Waals surface area contributed by atoms with Gasteiger partial charge in [-0.15, -0.1) is 6.58 Å². The third-order valence-electron chi connectivity index (χ3n) is 8.80. The van der Waals surface area contributed by atoms with Gasteiger partial charge in [-0.3, -0.25) is 4.79 Å². The number of ketones is 1. The molecule has 30 heavy (non-hydrogen) atoms. The summed E-state index contributed by atoms with van der Waals surface area (Å²) in [5, 5.41) is 11.4. The van der Waals surface area contributed by atoms with Crippen LogP contribution in [0.4, 0.5) is 0 Å². The van der Waals surface area contributed by atoms with E-state index in [1.807, 2.05) is 13.8 Å². The van der Waals surface area contributed by atoms with Crippen LogP contribution in [0.1, 0.15) is 74.1 Å². The standard InChI is InChI=1S/C25H38O5/c1-9-15(3)21(28)29-20-14-18(26)24(7)16-11-12-23(6,10-2)30-25(16,8)19(27)13-17(24)22(20,4)5/h9-10,16-18,20,26H,2,11-14H2,1,3-8H3/b15-9-/t16-,17+,18+,20-,23+,24-,25+/m0/s1. The van der Waals surface area contributed by atoms with E-state index in [0.29, 0.717) is 18.4 Å². The normalized spacial score (nSPS) is 45.9. The Bertz CT molecular complexity index is 782. The van der Waals surface area contributed by atoms with Crippen molar-refractivity contribution in [3.63, 3.8) is 0 Å². The molecule has 3 aliphatic rings. The summed E-state index contributed by atoms with van der Waals surface area (Å²) < 4.78 is 12.3. The van der Waals surface area contributed by atoms with Gasteiger partial charge in [0.2, 0.25) is 0 Å². The van der Waals surface area contributed by atoms with E-state index in [9.17, 15) is 14.7 Å². The van der Waals surface area contributed by atoms with Gasteiger partial charge in [-0.1, -0.05) is 32.9 Å². The quantitative estimate of drug-likeness (QED) is 0.418. The van der Waals surface area contributed by atoms with Crippen LogP contribution in [0.15, 0.2) is 24.3 Å². The van der Waals surface area contributed by atoms with Gasteiger partial charge in [0.1, 0.15) is 11.7 Å². The van der Waals surface area contributed by atoms with Gasteiger partial charge in [0.05, 0.1) is 11.7 Å². The topological polar surface area (TPSA) is 72.8 Å². The molecule has 0 aromatic heterocycles. The van der Waals surface area contributed by atoms with E-state index in [4.69, 9.17) is 9.47 Å². The molecule has 1 N–H and O–H groups in total. The molecule has 168 valence electrons. The third-order valence-corrected chi connectivity index (χ3v) is 8.80. The number of Topliss-reactive ketones (excluding diaryl/α,β-unsaturated/α-hetero) is 1. The van der Waals surface area contributed by atoms with Crippen molar-refractivity contribution < 1.29 is 24.2 Å². The Hall–Kier alpha value is -1.46. The summed E-state index contributed by atoms with van der Waals surface area (Å²) in [5.41, 5.74) is -1.90. The fraction of sp³-hybridized carbons (Fsp3) is 0.760. The molecule has 1 saturated heterocycles. The van der Waals surface area contributed by atoms with Crippen LogP contribution < -0.4 is 0 Å². The second-order valence-electron chi connectivity index (χ2n) is 10.8. The largest absolute Gasteiger partial charge is 0.458 e. The number of esters is 1. The molecule has 3 rings (SSSR count). The lowest BCUT2D eigenvalue weighted by Gasteiger charge is -2.66. The Morgan fingerprint density at radius 3 is 2.43 bits per heavy atom. The monoisotopic (exact) mass is 418 g/mol. The molecule has 5 heteroatoms. The molecular weight excluding hydrogens is 380 g/mol. The highest BCUT2D eigenvalue weighted by Crippen LogP contribution is 2.65. The van der Waals surface area contributed by atoms with E-state index in [1.165, 1.54) is 0 Å². The van der Waals surface area contributed by atoms with E-state index in [0.717, 1.165) is 12.8 Å². The van der Waals surface area contributed by atoms with Crippen molar-refractivity contribution in [2.45, 2.75) is 97.6 Å². The number of hydrogen-bond donors (Lipinski definition) is 1. The van der Waals surface area contributed by atoms with E-state index in [-0.39, 0.29) is 23.6 Å². The SMILES string of the molecule is C=C[C@]1(C)CC[C@H]2[C@]3(C)[C@H](O)C[C@H](OC(=O)/C(C)=C\C)C(C)(C)[C@H]3CC(=O)[C@]2(C)O1. The maximum absolute atomic E-state index is 13.5. The molecule has 3 fully saturated rings. The van der Waals surface area contributed by atoms with Crippen molar-refractivity contribution in [1.82, 2.24) is 0 Å². The van der Waals surface area contributed by atoms with Crippen molar-refractivity contribution in [2.24, 2.45) is 22.7 Å². The molecule has 7 atom stereocenters. The highest BCUT2D eigenvalue weighted by Gasteiger charge is 2.69. The first kappa shape index (κ1) is 23.2. The molecule has 0 aromatic carbocycles. The summed E-state index contributed by atoms with van der Waals surface area (Å²) in [4.78, 5) is 25.9. The van der Waals surface area contributed by atoms with Crippen LogP contribution in [0.3, 0.4) is 0 Å². The lowest BCUT2D eigenvalue weighted by Crippen LogP contribution is -2.71. The number of hydrogen-bond acceptors (Lipinski definition) is 5. The highest BCUT2D eigenvalue weighted by molar-refractivity contribution is 5.89. The van der Waals surface area contributed by atoms with Gasteiger partial charge in [0, 0.05) is 35.2 Å². The van der Waals surface area contributed by atoms with Gasteiger partial charge in [-0.05, 0) is 46.5 Å². The Kier molecular flexibility index (Phi) is 5.65. The van der Waals surface area contributed by atoms with Gasteiger partial charge in [0.25, 0.3) is 0 Å². The maximum Gasteiger partial charge on any atom is 0.333 e. The van der Waals surface area contributed by atoms with Crippen LogP contribution in [0.2, 0.25) is 0 Å². The van der Waals surface area contributed by atoms with Crippen LogP contribution in [0.5, 0.6) is 0 Å². The highest BCUT2D eigenvalue weighted by atomic mass is 16.5. The summed E-state index contributed by atoms with van der Waals surface area (Å²) >= 11 is 0. The van der Waals surface area contributed by atoms with Crippen molar-refractivity contribution in [1.29, 1.82) is 0 Å². The second kappa shape index (κ2) is 7.30. The number of aliphatic hydroxyl groups is 1. The Balaban J connectivity index is 1.99. The first-order valence-corrected chi connectivity index (χ1v) is 11.1. The minimum absolute atomic E-state index is 0.0691. The van der Waals surface area contributed by atoms with Crippen LogP contribution in [0, 0.1) is 22.7 Å². The van der Waals surface area contributed by atoms with Crippen molar-refractivity contribution in [2.75, 3.05) is 0 Å². The van der Waals surface area contributed by atoms with Crippen LogP contribution >= 0.6 is 0 Å². The van der Waals surface area contributed by atoms with Crippen LogP contribution in [-0.2, 0) is 19.1 Å². The van der Waals surface area contributed by atoms with Gasteiger partial charge in [-0.2, -0.15) is 0 Å². The summed E-state index contributed by atoms with van der Waals surface area (Å²) in [5.74, 6) is -0.507. The zero-order valence-electron chi connectivity index (χ0n) is 19.6. The maximum atomic E-state index is 13.5. The van der Waals surface area contributed by atoms with Crippen LogP contribution in [-0.4, -0.2) is 40.3 Å². The molecule has 0 bridgehead atoms. The average Bonchev–Trinajstić information content (AvgIpc) is 2.67. The smallest absolute Gasteiger partial charge is 0.333 e. The van der Waals surface area contributed by atoms with Crippen molar-refractivity contribution in [3.05, 3.63) is 24.3 Å². The predicted octanol–water partition coefficient (Wildman–Crippen LogP) is 4.38. The average molecular weight is 419 g/mol. The summed E-state index contributed by atoms with van der Waals surface area (Å²) in [7, 11) is 0. The molecule has 2 saturated carbocycles. The Labute approximate surface area is 180 Å². The van der Waals surface area contributed by atoms with E-state index in [1.54, 1.807) is 26.0 Å². The molecule has 0 spiro atoms. The molecule has 0 aromatic rings. The predicted molar refractivity (Wildman–Crippen MR) is 116 cm³/mol. The van der Waals surface area contributed by atoms with Gasteiger partial charge in [-0.25, -0.2) is 4.79 Å². The number of carbonyl (C=O) groups excluding carboxylic acids is 2. The number of fused-ring (bicyclic) bond motifs is 3. The summed E-state index contributed by atoms with van der Waals surface area (Å²) in [6.07, 6.45) is 4.59. The minimum atomic E-state index is -0.950. The summed E-state index contributed by atoms with van der Waals surface area (Å²) in [6.45, 7) is 17.5. The van der Waals surface area contributed by atoms with Gasteiger partial charge in [0.15, 0.2) is 5.78 Å².